The van der Waals surface area contributed by atoms with Gasteiger partial charge in [0.05, 0.1) is 0 Å². The van der Waals surface area contributed by atoms with Crippen LogP contribution in [0.1, 0.15) is 41.2 Å². The van der Waals surface area contributed by atoms with Gasteiger partial charge in [-0.1, -0.05) is 18.2 Å². The Bertz CT molecular complexity index is 845. The summed E-state index contributed by atoms with van der Waals surface area (Å²) >= 11 is 0. The summed E-state index contributed by atoms with van der Waals surface area (Å²) in [6.45, 7) is 6.25. The van der Waals surface area contributed by atoms with E-state index < -0.39 is 5.91 Å². The number of rotatable bonds is 8. The Balaban J connectivity index is 1.23. The number of benzene rings is 1. The molecule has 1 saturated carbocycles. The van der Waals surface area contributed by atoms with Crippen LogP contribution in [0.4, 0.5) is 11.6 Å². The minimum atomic E-state index is -0.525. The van der Waals surface area contributed by atoms with Gasteiger partial charge in [0.1, 0.15) is 5.69 Å². The third kappa shape index (κ3) is 4.85. The number of hydrogen-bond donors (Lipinski definition) is 1. The number of anilines is 2. The fourth-order valence-corrected chi connectivity index (χ4v) is 4.03. The van der Waals surface area contributed by atoms with Crippen LogP contribution in [-0.2, 0) is 0 Å². The topological polar surface area (TPSA) is 78.6 Å². The van der Waals surface area contributed by atoms with Gasteiger partial charge >= 0.3 is 0 Å². The monoisotopic (exact) mass is 394 g/mol. The third-order valence-corrected chi connectivity index (χ3v) is 5.87. The fourth-order valence-electron chi connectivity index (χ4n) is 4.03. The first-order valence-corrected chi connectivity index (χ1v) is 10.5. The quantitative estimate of drug-likeness (QED) is 0.739. The van der Waals surface area contributed by atoms with E-state index in [9.17, 15) is 4.79 Å². The van der Waals surface area contributed by atoms with Gasteiger partial charge in [0, 0.05) is 51.7 Å². The Morgan fingerprint density at radius 3 is 2.66 bits per heavy atom. The average molecular weight is 395 g/mol. The second-order valence-electron chi connectivity index (χ2n) is 8.04. The molecule has 4 rings (SSSR count). The zero-order chi connectivity index (χ0) is 20.2. The van der Waals surface area contributed by atoms with Crippen molar-refractivity contribution in [1.82, 2.24) is 14.9 Å². The zero-order valence-corrected chi connectivity index (χ0v) is 17.1. The highest BCUT2D eigenvalue weighted by Gasteiger charge is 2.28. The number of nitrogens with two attached hydrogens (primary N) is 1. The highest BCUT2D eigenvalue weighted by atomic mass is 16.1. The second kappa shape index (κ2) is 8.78. The summed E-state index contributed by atoms with van der Waals surface area (Å²) in [6.07, 6.45) is 5.30. The normalized spacial score (nSPS) is 17.3. The van der Waals surface area contributed by atoms with Crippen molar-refractivity contribution in [2.24, 2.45) is 5.73 Å². The van der Waals surface area contributed by atoms with Gasteiger partial charge in [-0.2, -0.15) is 0 Å². The molecule has 1 aliphatic carbocycles. The van der Waals surface area contributed by atoms with Gasteiger partial charge in [-0.05, 0) is 49.4 Å². The molecule has 0 radical (unpaired) electrons. The van der Waals surface area contributed by atoms with Crippen molar-refractivity contribution >= 4 is 17.5 Å². The highest BCUT2D eigenvalue weighted by molar-refractivity contribution is 5.90. The molecule has 0 atom stereocenters. The van der Waals surface area contributed by atoms with E-state index in [4.69, 9.17) is 5.73 Å². The molecule has 7 heteroatoms. The summed E-state index contributed by atoms with van der Waals surface area (Å²) in [7, 11) is 1.95. The first-order valence-electron chi connectivity index (χ1n) is 10.5. The Morgan fingerprint density at radius 2 is 1.93 bits per heavy atom. The maximum Gasteiger partial charge on any atom is 0.267 e. The number of nitrogens with zero attached hydrogens (tertiary/aromatic N) is 5. The predicted molar refractivity (Wildman–Crippen MR) is 116 cm³/mol. The molecule has 0 bridgehead atoms. The highest BCUT2D eigenvalue weighted by Crippen LogP contribution is 2.44. The van der Waals surface area contributed by atoms with Crippen molar-refractivity contribution in [2.75, 3.05) is 56.1 Å². The van der Waals surface area contributed by atoms with E-state index in [1.807, 2.05) is 11.9 Å². The molecule has 1 aromatic heterocycles. The van der Waals surface area contributed by atoms with E-state index >= 15 is 0 Å². The van der Waals surface area contributed by atoms with Crippen LogP contribution >= 0.6 is 0 Å². The summed E-state index contributed by atoms with van der Waals surface area (Å²) in [5.74, 6) is 0.807. The minimum absolute atomic E-state index is 0.254. The Morgan fingerprint density at radius 1 is 1.17 bits per heavy atom. The van der Waals surface area contributed by atoms with Crippen LogP contribution in [-0.4, -0.2) is 67.1 Å². The lowest BCUT2D eigenvalue weighted by Crippen LogP contribution is -2.47. The molecular formula is C22H30N6O. The molecule has 154 valence electrons. The third-order valence-electron chi connectivity index (χ3n) is 5.87. The second-order valence-corrected chi connectivity index (χ2v) is 8.04. The lowest BCUT2D eigenvalue weighted by Gasteiger charge is -2.37. The van der Waals surface area contributed by atoms with Gasteiger partial charge in [-0.3, -0.25) is 9.69 Å². The van der Waals surface area contributed by atoms with Gasteiger partial charge in [-0.15, -0.1) is 0 Å². The lowest BCUT2D eigenvalue weighted by atomic mass is 10.1. The largest absolute Gasteiger partial charge is 0.369 e. The molecule has 1 amide bonds. The molecule has 1 saturated heterocycles. The van der Waals surface area contributed by atoms with Crippen LogP contribution in [0.25, 0.3) is 0 Å². The first-order chi connectivity index (χ1) is 14.1. The summed E-state index contributed by atoms with van der Waals surface area (Å²) in [4.78, 5) is 26.8. The van der Waals surface area contributed by atoms with Gasteiger partial charge in [0.2, 0.25) is 5.95 Å². The number of carbonyl (C=O) groups excluding carboxylic acids is 1. The SMILES string of the molecule is CN(CCCN1CCN(c2ccccc2C2CC2)CC1)c1nccc(C(N)=O)n1. The number of primary amides is 1. The molecule has 2 N–H and O–H groups in total. The number of amides is 1. The number of hydrogen-bond acceptors (Lipinski definition) is 6. The van der Waals surface area contributed by atoms with Crippen molar-refractivity contribution in [3.8, 4) is 0 Å². The summed E-state index contributed by atoms with van der Waals surface area (Å²) in [6, 6.07) is 10.5. The van der Waals surface area contributed by atoms with Gasteiger partial charge < -0.3 is 15.5 Å². The van der Waals surface area contributed by atoms with Crippen molar-refractivity contribution < 1.29 is 4.79 Å². The van der Waals surface area contributed by atoms with E-state index in [2.05, 4.69) is 44.0 Å². The molecule has 2 fully saturated rings. The van der Waals surface area contributed by atoms with Crippen LogP contribution in [0, 0.1) is 0 Å². The van der Waals surface area contributed by atoms with E-state index in [0.29, 0.717) is 5.95 Å². The number of piperazine rings is 1. The maximum absolute atomic E-state index is 11.3. The maximum atomic E-state index is 11.3. The Hall–Kier alpha value is -2.67. The predicted octanol–water partition coefficient (Wildman–Crippen LogP) is 2.10. The summed E-state index contributed by atoms with van der Waals surface area (Å²) < 4.78 is 0. The molecule has 0 spiro atoms. The Kier molecular flexibility index (Phi) is 5.94. The van der Waals surface area contributed by atoms with Crippen molar-refractivity contribution in [1.29, 1.82) is 0 Å². The molecule has 2 heterocycles. The van der Waals surface area contributed by atoms with E-state index in [1.54, 1.807) is 17.8 Å². The zero-order valence-electron chi connectivity index (χ0n) is 17.1. The average Bonchev–Trinajstić information content (AvgIpc) is 3.60. The van der Waals surface area contributed by atoms with Crippen LogP contribution in [0.3, 0.4) is 0 Å². The van der Waals surface area contributed by atoms with Crippen LogP contribution in [0.15, 0.2) is 36.5 Å². The number of aromatic nitrogens is 2. The van der Waals surface area contributed by atoms with Crippen molar-refractivity contribution in [3.63, 3.8) is 0 Å². The summed E-state index contributed by atoms with van der Waals surface area (Å²) in [5.41, 5.74) is 8.55. The van der Waals surface area contributed by atoms with Crippen LogP contribution in [0.2, 0.25) is 0 Å². The van der Waals surface area contributed by atoms with E-state index in [0.717, 1.165) is 51.6 Å². The minimum Gasteiger partial charge on any atom is -0.369 e. The molecule has 1 aromatic carbocycles. The molecule has 29 heavy (non-hydrogen) atoms. The molecule has 2 aromatic rings. The lowest BCUT2D eigenvalue weighted by molar-refractivity contribution is 0.0995. The molecule has 2 aliphatic rings. The first kappa shape index (κ1) is 19.6. The fraction of sp³-hybridized carbons (Fsp3) is 0.500. The van der Waals surface area contributed by atoms with Crippen molar-refractivity contribution in [3.05, 3.63) is 47.8 Å². The Labute approximate surface area is 172 Å². The van der Waals surface area contributed by atoms with Crippen molar-refractivity contribution in [2.45, 2.75) is 25.2 Å². The van der Waals surface area contributed by atoms with Gasteiger partial charge in [0.25, 0.3) is 5.91 Å². The molecule has 7 nitrogen and oxygen atoms in total. The van der Waals surface area contributed by atoms with Crippen LogP contribution < -0.4 is 15.5 Å². The molecule has 1 aliphatic heterocycles. The molecular weight excluding hydrogens is 364 g/mol. The number of carbonyl (C=O) groups is 1. The van der Waals surface area contributed by atoms with E-state index in [1.165, 1.54) is 18.5 Å². The smallest absolute Gasteiger partial charge is 0.267 e. The van der Waals surface area contributed by atoms with Gasteiger partial charge in [0.15, 0.2) is 0 Å². The van der Waals surface area contributed by atoms with E-state index in [-0.39, 0.29) is 5.69 Å². The molecule has 0 unspecified atom stereocenters. The standard InChI is InChI=1S/C22H30N6O/c1-26(22-24-10-9-19(25-22)21(23)29)11-4-12-27-13-15-28(16-14-27)20-6-3-2-5-18(20)17-7-8-17/h2-3,5-6,9-10,17H,4,7-8,11-16H2,1H3,(H2,23,29). The van der Waals surface area contributed by atoms with Crippen LogP contribution in [0.5, 0.6) is 0 Å². The van der Waals surface area contributed by atoms with Gasteiger partial charge in [-0.25, -0.2) is 9.97 Å². The summed E-state index contributed by atoms with van der Waals surface area (Å²) in [5, 5.41) is 0. The number of para-hydroxylation sites is 1.